The van der Waals surface area contributed by atoms with Crippen LogP contribution in [0.25, 0.3) is 0 Å². The van der Waals surface area contributed by atoms with E-state index < -0.39 is 0 Å². The van der Waals surface area contributed by atoms with Crippen LogP contribution >= 0.6 is 0 Å². The molecule has 1 heterocycles. The molecular formula is C6H12NO2. The summed E-state index contributed by atoms with van der Waals surface area (Å²) in [5.74, 6) is 0. The first kappa shape index (κ1) is 6.99. The lowest BCUT2D eigenvalue weighted by Gasteiger charge is -2.20. The fourth-order valence-corrected chi connectivity index (χ4v) is 0.859. The fraction of sp³-hybridized carbons (Fsp3) is 1.00. The highest BCUT2D eigenvalue weighted by Gasteiger charge is 2.12. The van der Waals surface area contributed by atoms with Gasteiger partial charge in [0, 0.05) is 13.7 Å². The maximum Gasteiger partial charge on any atom is 0.112 e. The third-order valence-corrected chi connectivity index (χ3v) is 1.36. The summed E-state index contributed by atoms with van der Waals surface area (Å²) in [6.07, 6.45) is 1.29. The Labute approximate surface area is 55.3 Å². The lowest BCUT2D eigenvalue weighted by molar-refractivity contribution is -0.0365. The van der Waals surface area contributed by atoms with Crippen molar-refractivity contribution in [1.82, 2.24) is 5.32 Å². The van der Waals surface area contributed by atoms with Gasteiger partial charge in [0.25, 0.3) is 0 Å². The molecule has 1 aliphatic heterocycles. The van der Waals surface area contributed by atoms with Crippen molar-refractivity contribution in [2.45, 2.75) is 12.5 Å². The minimum absolute atomic E-state index is 0.285. The second kappa shape index (κ2) is 3.82. The normalized spacial score (nSPS) is 28.3. The van der Waals surface area contributed by atoms with Gasteiger partial charge >= 0.3 is 0 Å². The topological polar surface area (TPSA) is 32.6 Å². The Morgan fingerprint density at radius 3 is 3.22 bits per heavy atom. The highest BCUT2D eigenvalue weighted by Crippen LogP contribution is 2.02. The van der Waals surface area contributed by atoms with Crippen LogP contribution in [0.5, 0.6) is 0 Å². The average molecular weight is 130 g/mol. The second-order valence-electron chi connectivity index (χ2n) is 2.11. The predicted molar refractivity (Wildman–Crippen MR) is 33.2 cm³/mol. The zero-order valence-corrected chi connectivity index (χ0v) is 5.67. The Balaban J connectivity index is 2.08. The number of rotatable bonds is 2. The van der Waals surface area contributed by atoms with Crippen molar-refractivity contribution in [3.63, 3.8) is 0 Å². The zero-order valence-electron chi connectivity index (χ0n) is 5.67. The van der Waals surface area contributed by atoms with Gasteiger partial charge in [0.15, 0.2) is 0 Å². The lowest BCUT2D eigenvalue weighted by atomic mass is 10.2. The maximum atomic E-state index is 5.23. The van der Waals surface area contributed by atoms with Gasteiger partial charge in [-0.2, -0.15) is 0 Å². The summed E-state index contributed by atoms with van der Waals surface area (Å²) >= 11 is 0. The number of methoxy groups -OCH3 is 1. The van der Waals surface area contributed by atoms with Crippen molar-refractivity contribution < 1.29 is 9.47 Å². The number of hydrogen-bond acceptors (Lipinski definition) is 2. The van der Waals surface area contributed by atoms with Crippen molar-refractivity contribution in [2.24, 2.45) is 0 Å². The summed E-state index contributed by atoms with van der Waals surface area (Å²) in [7, 11) is 1.69. The van der Waals surface area contributed by atoms with Crippen LogP contribution in [-0.4, -0.2) is 33.1 Å². The van der Waals surface area contributed by atoms with Gasteiger partial charge in [-0.05, 0) is 6.42 Å². The Morgan fingerprint density at radius 2 is 2.67 bits per heavy atom. The molecule has 0 bridgehead atoms. The third kappa shape index (κ3) is 2.30. The van der Waals surface area contributed by atoms with E-state index in [1.54, 1.807) is 7.11 Å². The van der Waals surface area contributed by atoms with Crippen LogP contribution in [0.15, 0.2) is 0 Å². The summed E-state index contributed by atoms with van der Waals surface area (Å²) in [6.45, 7) is 2.18. The highest BCUT2D eigenvalue weighted by molar-refractivity contribution is 4.61. The van der Waals surface area contributed by atoms with Gasteiger partial charge in [0.2, 0.25) is 0 Å². The third-order valence-electron chi connectivity index (χ3n) is 1.36. The molecule has 1 aliphatic rings. The first-order chi connectivity index (χ1) is 4.43. The minimum atomic E-state index is 0.285. The van der Waals surface area contributed by atoms with E-state index in [9.17, 15) is 0 Å². The molecule has 0 spiro atoms. The Kier molecular flexibility index (Phi) is 2.97. The van der Waals surface area contributed by atoms with Crippen LogP contribution in [0.2, 0.25) is 0 Å². The molecule has 1 unspecified atom stereocenters. The van der Waals surface area contributed by atoms with E-state index in [0.717, 1.165) is 13.0 Å². The summed E-state index contributed by atoms with van der Waals surface area (Å²) in [5, 5.41) is 4.03. The highest BCUT2D eigenvalue weighted by atomic mass is 16.5. The van der Waals surface area contributed by atoms with Crippen LogP contribution in [-0.2, 0) is 9.47 Å². The fourth-order valence-electron chi connectivity index (χ4n) is 0.859. The minimum Gasteiger partial charge on any atom is -0.382 e. The van der Waals surface area contributed by atoms with Gasteiger partial charge in [-0.15, -0.1) is 0 Å². The quantitative estimate of drug-likeness (QED) is 0.526. The SMILES string of the molecule is COCC1CC[N]CO1. The Hall–Kier alpha value is -0.120. The predicted octanol–water partition coefficient (Wildman–Crippen LogP) is -0.0164. The molecule has 0 aromatic rings. The molecule has 0 aromatic heterocycles. The van der Waals surface area contributed by atoms with E-state index in [1.807, 2.05) is 0 Å². The molecule has 0 aliphatic carbocycles. The van der Waals surface area contributed by atoms with Crippen molar-refractivity contribution >= 4 is 0 Å². The smallest absolute Gasteiger partial charge is 0.112 e. The number of nitrogens with zero attached hydrogens (tertiary/aromatic N) is 1. The van der Waals surface area contributed by atoms with Gasteiger partial charge in [-0.3, -0.25) is 0 Å². The molecule has 3 nitrogen and oxygen atoms in total. The number of hydrogen-bond donors (Lipinski definition) is 0. The molecule has 1 radical (unpaired) electrons. The van der Waals surface area contributed by atoms with Crippen LogP contribution in [0.4, 0.5) is 0 Å². The van der Waals surface area contributed by atoms with Crippen molar-refractivity contribution in [2.75, 3.05) is 27.0 Å². The van der Waals surface area contributed by atoms with Gasteiger partial charge < -0.3 is 9.47 Å². The molecule has 1 atom stereocenters. The first-order valence-corrected chi connectivity index (χ1v) is 3.17. The largest absolute Gasteiger partial charge is 0.382 e. The van der Waals surface area contributed by atoms with E-state index in [-0.39, 0.29) is 6.10 Å². The van der Waals surface area contributed by atoms with E-state index in [2.05, 4.69) is 5.32 Å². The van der Waals surface area contributed by atoms with Crippen LogP contribution in [0, 0.1) is 0 Å². The molecule has 1 saturated heterocycles. The maximum absolute atomic E-state index is 5.23. The first-order valence-electron chi connectivity index (χ1n) is 3.17. The van der Waals surface area contributed by atoms with Gasteiger partial charge in [-0.25, -0.2) is 5.32 Å². The van der Waals surface area contributed by atoms with Crippen LogP contribution in [0.1, 0.15) is 6.42 Å². The molecule has 0 aromatic carbocycles. The molecule has 53 valence electrons. The van der Waals surface area contributed by atoms with Gasteiger partial charge in [0.05, 0.1) is 12.7 Å². The standard InChI is InChI=1S/C6H12NO2/c1-8-4-6-2-3-7-5-9-6/h6H,2-5H2,1H3. The lowest BCUT2D eigenvalue weighted by Crippen LogP contribution is -2.31. The molecule has 9 heavy (non-hydrogen) atoms. The molecule has 0 N–H and O–H groups in total. The monoisotopic (exact) mass is 130 g/mol. The molecule has 0 amide bonds. The van der Waals surface area contributed by atoms with Gasteiger partial charge in [-0.1, -0.05) is 0 Å². The average Bonchev–Trinajstić information content (AvgIpc) is 1.91. The molecule has 3 heteroatoms. The summed E-state index contributed by atoms with van der Waals surface area (Å²) in [6, 6.07) is 0. The van der Waals surface area contributed by atoms with E-state index in [1.165, 1.54) is 0 Å². The van der Waals surface area contributed by atoms with E-state index >= 15 is 0 Å². The molecule has 1 rings (SSSR count). The summed E-state index contributed by atoms with van der Waals surface area (Å²) in [5.41, 5.74) is 0. The Bertz CT molecular complexity index is 68.7. The van der Waals surface area contributed by atoms with Crippen LogP contribution in [0.3, 0.4) is 0 Å². The van der Waals surface area contributed by atoms with Crippen molar-refractivity contribution in [3.05, 3.63) is 0 Å². The van der Waals surface area contributed by atoms with Crippen LogP contribution < -0.4 is 5.32 Å². The zero-order chi connectivity index (χ0) is 6.53. The van der Waals surface area contributed by atoms with Gasteiger partial charge in [0.1, 0.15) is 6.73 Å². The Morgan fingerprint density at radius 1 is 1.78 bits per heavy atom. The van der Waals surface area contributed by atoms with Crippen molar-refractivity contribution in [1.29, 1.82) is 0 Å². The second-order valence-corrected chi connectivity index (χ2v) is 2.11. The van der Waals surface area contributed by atoms with Crippen molar-refractivity contribution in [3.8, 4) is 0 Å². The van der Waals surface area contributed by atoms with E-state index in [4.69, 9.17) is 9.47 Å². The molecular weight excluding hydrogens is 118 g/mol. The summed E-state index contributed by atoms with van der Waals surface area (Å²) < 4.78 is 10.1. The van der Waals surface area contributed by atoms with E-state index in [0.29, 0.717) is 13.3 Å². The summed E-state index contributed by atoms with van der Waals surface area (Å²) in [4.78, 5) is 0. The molecule has 1 fully saturated rings. The number of ether oxygens (including phenoxy) is 2. The molecule has 0 saturated carbocycles.